The molecule has 0 saturated carbocycles. The Hall–Kier alpha value is -1.65. The van der Waals surface area contributed by atoms with Crippen LogP contribution in [0.15, 0.2) is 30.6 Å². The zero-order valence-electron chi connectivity index (χ0n) is 12.3. The molecule has 0 bridgehead atoms. The van der Waals surface area contributed by atoms with Crippen LogP contribution in [0.3, 0.4) is 0 Å². The van der Waals surface area contributed by atoms with E-state index in [4.69, 9.17) is 11.6 Å². The Kier molecular flexibility index (Phi) is 3.51. The molecule has 1 aliphatic rings. The number of hydrogen-bond acceptors (Lipinski definition) is 4. The standard InChI is InChI=1S/C17H16ClN3S/c1-10-2-7-14-13(8-10)15-16(19-9-20-17(15)22-14)21-12-5-3-11(18)4-6-12/h3-6,9-10H,2,7-8H2,1H3,(H,19,20,21). The van der Waals surface area contributed by atoms with Gasteiger partial charge in [0.05, 0.1) is 5.39 Å². The summed E-state index contributed by atoms with van der Waals surface area (Å²) in [6.07, 6.45) is 5.20. The van der Waals surface area contributed by atoms with Gasteiger partial charge in [0.1, 0.15) is 17.0 Å². The minimum atomic E-state index is 0.730. The molecule has 1 aromatic carbocycles. The van der Waals surface area contributed by atoms with Crippen molar-refractivity contribution in [1.29, 1.82) is 0 Å². The molecule has 0 aliphatic heterocycles. The number of halogens is 1. The lowest BCUT2D eigenvalue weighted by molar-refractivity contribution is 0.508. The van der Waals surface area contributed by atoms with Gasteiger partial charge in [-0.05, 0) is 55.0 Å². The van der Waals surface area contributed by atoms with Crippen LogP contribution in [0.5, 0.6) is 0 Å². The maximum absolute atomic E-state index is 5.95. The van der Waals surface area contributed by atoms with Crippen molar-refractivity contribution in [3.63, 3.8) is 0 Å². The molecule has 0 amide bonds. The zero-order valence-corrected chi connectivity index (χ0v) is 13.8. The highest BCUT2D eigenvalue weighted by Crippen LogP contribution is 2.40. The van der Waals surface area contributed by atoms with Gasteiger partial charge in [-0.2, -0.15) is 0 Å². The first-order valence-electron chi connectivity index (χ1n) is 7.48. The van der Waals surface area contributed by atoms with Crippen molar-refractivity contribution in [2.24, 2.45) is 5.92 Å². The second-order valence-corrected chi connectivity index (χ2v) is 7.41. The van der Waals surface area contributed by atoms with Gasteiger partial charge in [0.25, 0.3) is 0 Å². The van der Waals surface area contributed by atoms with Crippen molar-refractivity contribution >= 4 is 44.7 Å². The minimum Gasteiger partial charge on any atom is -0.340 e. The van der Waals surface area contributed by atoms with E-state index in [2.05, 4.69) is 22.2 Å². The molecular weight excluding hydrogens is 314 g/mol. The molecule has 0 saturated heterocycles. The van der Waals surface area contributed by atoms with E-state index in [0.29, 0.717) is 0 Å². The van der Waals surface area contributed by atoms with Gasteiger partial charge < -0.3 is 5.32 Å². The first-order chi connectivity index (χ1) is 10.7. The van der Waals surface area contributed by atoms with Crippen LogP contribution >= 0.6 is 22.9 Å². The van der Waals surface area contributed by atoms with Crippen LogP contribution in [0.2, 0.25) is 5.02 Å². The monoisotopic (exact) mass is 329 g/mol. The second kappa shape index (κ2) is 5.52. The number of fused-ring (bicyclic) bond motifs is 3. The highest BCUT2D eigenvalue weighted by molar-refractivity contribution is 7.19. The Bertz CT molecular complexity index is 826. The van der Waals surface area contributed by atoms with E-state index in [1.165, 1.54) is 22.2 Å². The molecule has 0 spiro atoms. The van der Waals surface area contributed by atoms with Crippen molar-refractivity contribution in [3.05, 3.63) is 46.1 Å². The highest BCUT2D eigenvalue weighted by Gasteiger charge is 2.23. The third kappa shape index (κ3) is 2.46. The number of thiophene rings is 1. The molecular formula is C17H16ClN3S. The van der Waals surface area contributed by atoms with Crippen LogP contribution in [-0.2, 0) is 12.8 Å². The number of nitrogens with zero attached hydrogens (tertiary/aromatic N) is 2. The fraction of sp³-hybridized carbons (Fsp3) is 0.294. The third-order valence-corrected chi connectivity index (χ3v) is 5.65. The lowest BCUT2D eigenvalue weighted by Gasteiger charge is -2.18. The largest absolute Gasteiger partial charge is 0.340 e. The molecule has 1 N–H and O–H groups in total. The summed E-state index contributed by atoms with van der Waals surface area (Å²) in [5.41, 5.74) is 2.43. The number of nitrogens with one attached hydrogen (secondary N) is 1. The lowest BCUT2D eigenvalue weighted by atomic mass is 9.88. The lowest BCUT2D eigenvalue weighted by Crippen LogP contribution is -2.09. The number of rotatable bonds is 2. The summed E-state index contributed by atoms with van der Waals surface area (Å²) in [4.78, 5) is 11.5. The predicted molar refractivity (Wildman–Crippen MR) is 93.3 cm³/mol. The molecule has 0 fully saturated rings. The van der Waals surface area contributed by atoms with E-state index >= 15 is 0 Å². The summed E-state index contributed by atoms with van der Waals surface area (Å²) in [6.45, 7) is 2.32. The van der Waals surface area contributed by atoms with Crippen molar-refractivity contribution in [1.82, 2.24) is 9.97 Å². The van der Waals surface area contributed by atoms with E-state index in [1.54, 1.807) is 6.33 Å². The number of aryl methyl sites for hydroxylation is 1. The minimum absolute atomic E-state index is 0.730. The summed E-state index contributed by atoms with van der Waals surface area (Å²) < 4.78 is 0. The van der Waals surface area contributed by atoms with Crippen LogP contribution in [0.25, 0.3) is 10.2 Å². The van der Waals surface area contributed by atoms with Gasteiger partial charge in [0.2, 0.25) is 0 Å². The van der Waals surface area contributed by atoms with E-state index in [-0.39, 0.29) is 0 Å². The molecule has 1 unspecified atom stereocenters. The van der Waals surface area contributed by atoms with Crippen LogP contribution in [0.4, 0.5) is 11.5 Å². The second-order valence-electron chi connectivity index (χ2n) is 5.89. The summed E-state index contributed by atoms with van der Waals surface area (Å²) in [5.74, 6) is 1.63. The molecule has 5 heteroatoms. The van der Waals surface area contributed by atoms with Crippen LogP contribution in [0, 0.1) is 5.92 Å². The first-order valence-corrected chi connectivity index (χ1v) is 8.68. The van der Waals surface area contributed by atoms with Crippen molar-refractivity contribution in [2.75, 3.05) is 5.32 Å². The number of benzene rings is 1. The summed E-state index contributed by atoms with van der Waals surface area (Å²) in [7, 11) is 0. The molecule has 2 heterocycles. The number of aromatic nitrogens is 2. The van der Waals surface area contributed by atoms with Crippen LogP contribution in [-0.4, -0.2) is 9.97 Å². The van der Waals surface area contributed by atoms with Gasteiger partial charge in [-0.15, -0.1) is 11.3 Å². The SMILES string of the molecule is CC1CCc2sc3ncnc(Nc4ccc(Cl)cc4)c3c2C1. The van der Waals surface area contributed by atoms with Crippen LogP contribution < -0.4 is 5.32 Å². The van der Waals surface area contributed by atoms with Gasteiger partial charge in [0.15, 0.2) is 0 Å². The highest BCUT2D eigenvalue weighted by atomic mass is 35.5. The predicted octanol–water partition coefficient (Wildman–Crippen LogP) is 5.21. The van der Waals surface area contributed by atoms with E-state index < -0.39 is 0 Å². The Morgan fingerprint density at radius 1 is 1.23 bits per heavy atom. The maximum Gasteiger partial charge on any atom is 0.142 e. The Balaban J connectivity index is 1.80. The normalized spacial score (nSPS) is 17.5. The molecule has 2 aromatic heterocycles. The summed E-state index contributed by atoms with van der Waals surface area (Å²) in [5, 5.41) is 5.36. The summed E-state index contributed by atoms with van der Waals surface area (Å²) in [6, 6.07) is 7.70. The molecule has 4 rings (SSSR count). The average molecular weight is 330 g/mol. The van der Waals surface area contributed by atoms with E-state index in [1.807, 2.05) is 35.6 Å². The first kappa shape index (κ1) is 14.0. The topological polar surface area (TPSA) is 37.8 Å². The molecule has 112 valence electrons. The third-order valence-electron chi connectivity index (χ3n) is 4.19. The molecule has 1 atom stereocenters. The molecule has 22 heavy (non-hydrogen) atoms. The van der Waals surface area contributed by atoms with Gasteiger partial charge in [-0.1, -0.05) is 18.5 Å². The molecule has 3 nitrogen and oxygen atoms in total. The van der Waals surface area contributed by atoms with Crippen molar-refractivity contribution < 1.29 is 0 Å². The average Bonchev–Trinajstić information content (AvgIpc) is 2.88. The zero-order chi connectivity index (χ0) is 15.1. The van der Waals surface area contributed by atoms with E-state index in [9.17, 15) is 0 Å². The van der Waals surface area contributed by atoms with Crippen molar-refractivity contribution in [3.8, 4) is 0 Å². The molecule has 1 aliphatic carbocycles. The Morgan fingerprint density at radius 3 is 2.86 bits per heavy atom. The number of hydrogen-bond donors (Lipinski definition) is 1. The van der Waals surface area contributed by atoms with Gasteiger partial charge in [-0.3, -0.25) is 0 Å². The van der Waals surface area contributed by atoms with Crippen LogP contribution in [0.1, 0.15) is 23.8 Å². The number of anilines is 2. The van der Waals surface area contributed by atoms with Gasteiger partial charge in [0, 0.05) is 15.6 Å². The van der Waals surface area contributed by atoms with Crippen molar-refractivity contribution in [2.45, 2.75) is 26.2 Å². The maximum atomic E-state index is 5.95. The Morgan fingerprint density at radius 2 is 2.05 bits per heavy atom. The van der Waals surface area contributed by atoms with Gasteiger partial charge >= 0.3 is 0 Å². The fourth-order valence-corrected chi connectivity index (χ4v) is 4.36. The fourth-order valence-electron chi connectivity index (χ4n) is 3.05. The smallest absolute Gasteiger partial charge is 0.142 e. The molecule has 0 radical (unpaired) electrons. The van der Waals surface area contributed by atoms with E-state index in [0.717, 1.165) is 40.1 Å². The quantitative estimate of drug-likeness (QED) is 0.701. The summed E-state index contributed by atoms with van der Waals surface area (Å²) >= 11 is 7.77. The Labute approximate surface area is 138 Å². The molecule has 3 aromatic rings. The van der Waals surface area contributed by atoms with Gasteiger partial charge in [-0.25, -0.2) is 9.97 Å².